The lowest BCUT2D eigenvalue weighted by atomic mass is 9.96. The van der Waals surface area contributed by atoms with Crippen LogP contribution < -0.4 is 0 Å². The largest absolute Gasteiger partial charge is 0.507 e. The van der Waals surface area contributed by atoms with Crippen molar-refractivity contribution in [3.05, 3.63) is 58.9 Å². The second kappa shape index (κ2) is 7.85. The van der Waals surface area contributed by atoms with Crippen molar-refractivity contribution in [2.45, 2.75) is 19.9 Å². The molecule has 8 nitrogen and oxygen atoms in total. The Morgan fingerprint density at radius 2 is 2.00 bits per heavy atom. The Balaban J connectivity index is 2.16. The molecule has 0 unspecified atom stereocenters. The second-order valence-corrected chi connectivity index (χ2v) is 7.00. The van der Waals surface area contributed by atoms with Crippen LogP contribution in [0, 0.1) is 13.8 Å². The molecule has 1 fully saturated rings. The standard InChI is InChI=1S/C20H23N5O3/c1-12-15(11-22-13(2)23-12)18(26)16-17(14-6-5-7-21-10-14)25(9-8-24(3)4)20(28)19(16)27/h5-7,10-11,17,26H,8-9H2,1-4H3/t17-/m1/s1. The van der Waals surface area contributed by atoms with Gasteiger partial charge in [-0.1, -0.05) is 6.07 Å². The number of hydrogen-bond donors (Lipinski definition) is 1. The first kappa shape index (κ1) is 19.6. The Kier molecular flexibility index (Phi) is 5.51. The Morgan fingerprint density at radius 3 is 2.61 bits per heavy atom. The van der Waals surface area contributed by atoms with E-state index < -0.39 is 17.7 Å². The number of amides is 1. The SMILES string of the molecule is Cc1ncc(C(O)=C2C(=O)C(=O)N(CCN(C)C)[C@@H]2c2cccnc2)c(C)n1. The number of likely N-dealkylation sites (tertiary alicyclic amines) is 1. The minimum Gasteiger partial charge on any atom is -0.507 e. The number of nitrogens with zero attached hydrogens (tertiary/aromatic N) is 5. The molecule has 0 bridgehead atoms. The quantitative estimate of drug-likeness (QED) is 0.476. The van der Waals surface area contributed by atoms with Gasteiger partial charge < -0.3 is 14.9 Å². The molecule has 28 heavy (non-hydrogen) atoms. The fourth-order valence-electron chi connectivity index (χ4n) is 3.26. The summed E-state index contributed by atoms with van der Waals surface area (Å²) in [5.41, 5.74) is 1.57. The highest BCUT2D eigenvalue weighted by molar-refractivity contribution is 6.46. The summed E-state index contributed by atoms with van der Waals surface area (Å²) in [6, 6.07) is 2.81. The van der Waals surface area contributed by atoms with Gasteiger partial charge >= 0.3 is 0 Å². The first-order valence-corrected chi connectivity index (χ1v) is 8.95. The smallest absolute Gasteiger partial charge is 0.295 e. The zero-order valence-corrected chi connectivity index (χ0v) is 16.4. The van der Waals surface area contributed by atoms with Gasteiger partial charge in [0.25, 0.3) is 11.7 Å². The maximum absolute atomic E-state index is 12.9. The van der Waals surface area contributed by atoms with Crippen molar-refractivity contribution in [1.82, 2.24) is 24.8 Å². The van der Waals surface area contributed by atoms with E-state index in [9.17, 15) is 14.7 Å². The van der Waals surface area contributed by atoms with Crippen molar-refractivity contribution in [3.8, 4) is 0 Å². The van der Waals surface area contributed by atoms with E-state index >= 15 is 0 Å². The average molecular weight is 381 g/mol. The molecule has 0 aliphatic carbocycles. The summed E-state index contributed by atoms with van der Waals surface area (Å²) in [6.07, 6.45) is 4.69. The summed E-state index contributed by atoms with van der Waals surface area (Å²) in [6.45, 7) is 4.39. The van der Waals surface area contributed by atoms with Crippen LogP contribution in [0.25, 0.3) is 5.76 Å². The molecule has 3 heterocycles. The van der Waals surface area contributed by atoms with Crippen LogP contribution in [0.3, 0.4) is 0 Å². The van der Waals surface area contributed by atoms with E-state index in [0.717, 1.165) is 0 Å². The van der Waals surface area contributed by atoms with Gasteiger partial charge in [0.15, 0.2) is 0 Å². The fraction of sp³-hybridized carbons (Fsp3) is 0.350. The molecular formula is C20H23N5O3. The molecule has 0 radical (unpaired) electrons. The van der Waals surface area contributed by atoms with Crippen molar-refractivity contribution >= 4 is 17.4 Å². The third-order valence-corrected chi connectivity index (χ3v) is 4.68. The number of Topliss-reactive ketones (excluding diaryl/α,β-unsaturated/α-hetero) is 1. The van der Waals surface area contributed by atoms with Crippen LogP contribution in [0.15, 0.2) is 36.3 Å². The zero-order valence-electron chi connectivity index (χ0n) is 16.4. The van der Waals surface area contributed by atoms with Crippen molar-refractivity contribution in [3.63, 3.8) is 0 Å². The number of aromatic nitrogens is 3. The number of hydrogen-bond acceptors (Lipinski definition) is 7. The van der Waals surface area contributed by atoms with E-state index in [-0.39, 0.29) is 11.3 Å². The molecule has 1 aliphatic rings. The van der Waals surface area contributed by atoms with Gasteiger partial charge in [-0.05, 0) is 39.6 Å². The summed E-state index contributed by atoms with van der Waals surface area (Å²) in [5, 5.41) is 11.0. The molecule has 1 aliphatic heterocycles. The normalized spacial score (nSPS) is 18.9. The molecule has 1 N–H and O–H groups in total. The lowest BCUT2D eigenvalue weighted by Gasteiger charge is -2.26. The Hall–Kier alpha value is -3.13. The van der Waals surface area contributed by atoms with E-state index in [1.807, 2.05) is 19.0 Å². The summed E-state index contributed by atoms with van der Waals surface area (Å²) in [7, 11) is 3.78. The highest BCUT2D eigenvalue weighted by atomic mass is 16.3. The first-order chi connectivity index (χ1) is 13.3. The molecule has 0 saturated carbocycles. The Labute approximate surface area is 163 Å². The number of ketones is 1. The van der Waals surface area contributed by atoms with Crippen LogP contribution in [0.4, 0.5) is 0 Å². The van der Waals surface area contributed by atoms with Gasteiger partial charge in [0.05, 0.1) is 22.9 Å². The van der Waals surface area contributed by atoms with Gasteiger partial charge in [0, 0.05) is 31.7 Å². The van der Waals surface area contributed by atoms with E-state index in [0.29, 0.717) is 35.7 Å². The minimum absolute atomic E-state index is 0.0345. The number of carbonyl (C=O) groups is 2. The summed E-state index contributed by atoms with van der Waals surface area (Å²) in [5.74, 6) is -1.06. The van der Waals surface area contributed by atoms with Gasteiger partial charge in [-0.2, -0.15) is 0 Å². The van der Waals surface area contributed by atoms with Crippen molar-refractivity contribution in [2.24, 2.45) is 0 Å². The Bertz CT molecular complexity index is 940. The predicted octanol–water partition coefficient (Wildman–Crippen LogP) is 1.47. The molecule has 2 aromatic rings. The van der Waals surface area contributed by atoms with Crippen molar-refractivity contribution < 1.29 is 14.7 Å². The van der Waals surface area contributed by atoms with Gasteiger partial charge in [0.2, 0.25) is 0 Å². The maximum Gasteiger partial charge on any atom is 0.295 e. The van der Waals surface area contributed by atoms with E-state index in [2.05, 4.69) is 15.0 Å². The van der Waals surface area contributed by atoms with Crippen LogP contribution >= 0.6 is 0 Å². The molecule has 1 atom stereocenters. The highest BCUT2D eigenvalue weighted by Gasteiger charge is 2.46. The number of likely N-dealkylation sites (N-methyl/N-ethyl adjacent to an activating group) is 1. The lowest BCUT2D eigenvalue weighted by molar-refractivity contribution is -0.140. The number of aryl methyl sites for hydroxylation is 2. The van der Waals surface area contributed by atoms with Crippen LogP contribution in [0.5, 0.6) is 0 Å². The molecular weight excluding hydrogens is 358 g/mol. The maximum atomic E-state index is 12.9. The second-order valence-electron chi connectivity index (χ2n) is 7.00. The molecule has 8 heteroatoms. The molecule has 0 spiro atoms. The van der Waals surface area contributed by atoms with Gasteiger partial charge in [-0.25, -0.2) is 9.97 Å². The van der Waals surface area contributed by atoms with Gasteiger partial charge in [-0.3, -0.25) is 14.6 Å². The van der Waals surface area contributed by atoms with Crippen molar-refractivity contribution in [2.75, 3.05) is 27.2 Å². The Morgan fingerprint density at radius 1 is 1.25 bits per heavy atom. The van der Waals surface area contributed by atoms with Crippen LogP contribution in [0.2, 0.25) is 0 Å². The van der Waals surface area contributed by atoms with Crippen molar-refractivity contribution in [1.29, 1.82) is 0 Å². The number of pyridine rings is 1. The summed E-state index contributed by atoms with van der Waals surface area (Å²) in [4.78, 5) is 41.5. The first-order valence-electron chi connectivity index (χ1n) is 8.95. The summed E-state index contributed by atoms with van der Waals surface area (Å²) < 4.78 is 0. The predicted molar refractivity (Wildman–Crippen MR) is 103 cm³/mol. The number of aliphatic hydroxyl groups is 1. The van der Waals surface area contributed by atoms with Gasteiger partial charge in [-0.15, -0.1) is 0 Å². The molecule has 146 valence electrons. The van der Waals surface area contributed by atoms with Gasteiger partial charge in [0.1, 0.15) is 11.6 Å². The van der Waals surface area contributed by atoms with E-state index in [1.165, 1.54) is 11.1 Å². The zero-order chi connectivity index (χ0) is 20.4. The third kappa shape index (κ3) is 3.63. The number of carbonyl (C=O) groups excluding carboxylic acids is 2. The summed E-state index contributed by atoms with van der Waals surface area (Å²) >= 11 is 0. The molecule has 2 aromatic heterocycles. The molecule has 1 saturated heterocycles. The van der Waals surface area contributed by atoms with E-state index in [1.54, 1.807) is 38.4 Å². The molecule has 1 amide bonds. The molecule has 3 rings (SSSR count). The number of aliphatic hydroxyl groups excluding tert-OH is 1. The molecule has 0 aromatic carbocycles. The number of rotatable bonds is 5. The third-order valence-electron chi connectivity index (χ3n) is 4.68. The highest BCUT2D eigenvalue weighted by Crippen LogP contribution is 2.39. The minimum atomic E-state index is -0.718. The lowest BCUT2D eigenvalue weighted by Crippen LogP contribution is -2.35. The van der Waals surface area contributed by atoms with Crippen LogP contribution in [-0.2, 0) is 9.59 Å². The van der Waals surface area contributed by atoms with Crippen LogP contribution in [-0.4, -0.2) is 68.7 Å². The monoisotopic (exact) mass is 381 g/mol. The van der Waals surface area contributed by atoms with E-state index in [4.69, 9.17) is 0 Å². The topological polar surface area (TPSA) is 99.5 Å². The van der Waals surface area contributed by atoms with Crippen LogP contribution in [0.1, 0.15) is 28.7 Å². The average Bonchev–Trinajstić information content (AvgIpc) is 2.91. The fourth-order valence-corrected chi connectivity index (χ4v) is 3.26.